The number of nitrogens with one attached hydrogen (secondary N) is 3. The van der Waals surface area contributed by atoms with Crippen molar-refractivity contribution in [3.63, 3.8) is 0 Å². The molecule has 0 aliphatic carbocycles. The van der Waals surface area contributed by atoms with E-state index in [4.69, 9.17) is 9.15 Å². The zero-order valence-electron chi connectivity index (χ0n) is 17.3. The molecule has 8 heteroatoms. The number of hydrogen-bond acceptors (Lipinski definition) is 6. The summed E-state index contributed by atoms with van der Waals surface area (Å²) in [6, 6.07) is 15.2. The Hall–Kier alpha value is -3.55. The Labute approximate surface area is 175 Å². The SMILES string of the molecule is CC(C)(C)OC(=O)NCCCC(=O)Nc1ccc(Nc2nc3ccccc3o2)cc1. The Morgan fingerprint density at radius 3 is 2.43 bits per heavy atom. The van der Waals surface area contributed by atoms with Crippen LogP contribution in [0.3, 0.4) is 0 Å². The van der Waals surface area contributed by atoms with Crippen LogP contribution in [0.15, 0.2) is 52.9 Å². The molecule has 8 nitrogen and oxygen atoms in total. The summed E-state index contributed by atoms with van der Waals surface area (Å²) in [4.78, 5) is 28.0. The maximum Gasteiger partial charge on any atom is 0.407 e. The van der Waals surface area contributed by atoms with Gasteiger partial charge in [-0.2, -0.15) is 4.98 Å². The normalized spacial score (nSPS) is 11.2. The molecule has 0 aliphatic heterocycles. The Morgan fingerprint density at radius 1 is 1.03 bits per heavy atom. The lowest BCUT2D eigenvalue weighted by atomic mass is 10.2. The number of nitrogens with zero attached hydrogens (tertiary/aromatic N) is 1. The molecule has 3 aromatic rings. The Balaban J connectivity index is 1.41. The standard InChI is InChI=1S/C22H26N4O4/c1-22(2,3)30-21(28)23-14-6-9-19(27)24-15-10-12-16(13-11-15)25-20-26-17-7-4-5-8-18(17)29-20/h4-5,7-8,10-13H,6,9,14H2,1-3H3,(H,23,28)(H,24,27)(H,25,26). The third-order valence-electron chi connectivity index (χ3n) is 3.96. The van der Waals surface area contributed by atoms with Crippen molar-refractivity contribution < 1.29 is 18.7 Å². The fraction of sp³-hybridized carbons (Fsp3) is 0.318. The van der Waals surface area contributed by atoms with Crippen molar-refractivity contribution in [2.75, 3.05) is 17.2 Å². The molecular formula is C22H26N4O4. The van der Waals surface area contributed by atoms with Gasteiger partial charge in [-0.1, -0.05) is 12.1 Å². The topological polar surface area (TPSA) is 105 Å². The van der Waals surface area contributed by atoms with Gasteiger partial charge in [0.25, 0.3) is 6.01 Å². The maximum absolute atomic E-state index is 12.1. The molecule has 158 valence electrons. The molecule has 2 aromatic carbocycles. The molecule has 0 saturated heterocycles. The van der Waals surface area contributed by atoms with Crippen molar-refractivity contribution in [3.8, 4) is 0 Å². The van der Waals surface area contributed by atoms with Crippen LogP contribution in [0.5, 0.6) is 0 Å². The number of fused-ring (bicyclic) bond motifs is 1. The van der Waals surface area contributed by atoms with Crippen molar-refractivity contribution in [1.82, 2.24) is 10.3 Å². The lowest BCUT2D eigenvalue weighted by Gasteiger charge is -2.19. The van der Waals surface area contributed by atoms with E-state index in [2.05, 4.69) is 20.9 Å². The molecule has 0 unspecified atom stereocenters. The van der Waals surface area contributed by atoms with Gasteiger partial charge in [0.15, 0.2) is 5.58 Å². The highest BCUT2D eigenvalue weighted by Crippen LogP contribution is 2.22. The fourth-order valence-corrected chi connectivity index (χ4v) is 2.66. The summed E-state index contributed by atoms with van der Waals surface area (Å²) in [5.74, 6) is -0.124. The van der Waals surface area contributed by atoms with Crippen LogP contribution in [-0.4, -0.2) is 29.1 Å². The maximum atomic E-state index is 12.1. The van der Waals surface area contributed by atoms with Gasteiger partial charge >= 0.3 is 6.09 Å². The third-order valence-corrected chi connectivity index (χ3v) is 3.96. The second kappa shape index (κ2) is 9.30. The monoisotopic (exact) mass is 410 g/mol. The van der Waals surface area contributed by atoms with Gasteiger partial charge in [0.05, 0.1) is 0 Å². The van der Waals surface area contributed by atoms with Crippen molar-refractivity contribution >= 4 is 40.5 Å². The van der Waals surface area contributed by atoms with E-state index in [1.807, 2.05) is 36.4 Å². The number of para-hydroxylation sites is 2. The van der Waals surface area contributed by atoms with Crippen molar-refractivity contribution in [2.24, 2.45) is 0 Å². The molecule has 0 bridgehead atoms. The second-order valence-corrected chi connectivity index (χ2v) is 7.77. The summed E-state index contributed by atoms with van der Waals surface area (Å²) in [6.45, 7) is 5.77. The molecule has 0 aliphatic rings. The summed E-state index contributed by atoms with van der Waals surface area (Å²) in [6.07, 6.45) is 0.325. The first-order valence-electron chi connectivity index (χ1n) is 9.78. The van der Waals surface area contributed by atoms with Gasteiger partial charge < -0.3 is 25.1 Å². The number of carbonyl (C=O) groups excluding carboxylic acids is 2. The lowest BCUT2D eigenvalue weighted by Crippen LogP contribution is -2.33. The first-order chi connectivity index (χ1) is 14.3. The van der Waals surface area contributed by atoms with Crippen molar-refractivity contribution in [2.45, 2.75) is 39.2 Å². The van der Waals surface area contributed by atoms with E-state index in [9.17, 15) is 9.59 Å². The van der Waals surface area contributed by atoms with Crippen molar-refractivity contribution in [3.05, 3.63) is 48.5 Å². The van der Waals surface area contributed by atoms with Crippen molar-refractivity contribution in [1.29, 1.82) is 0 Å². The van der Waals surface area contributed by atoms with E-state index in [1.165, 1.54) is 0 Å². The molecule has 2 amide bonds. The van der Waals surface area contributed by atoms with Gasteiger partial charge in [0, 0.05) is 24.3 Å². The highest BCUT2D eigenvalue weighted by atomic mass is 16.6. The zero-order valence-corrected chi connectivity index (χ0v) is 17.3. The second-order valence-electron chi connectivity index (χ2n) is 7.77. The molecule has 0 spiro atoms. The largest absolute Gasteiger partial charge is 0.444 e. The third kappa shape index (κ3) is 6.51. The molecule has 30 heavy (non-hydrogen) atoms. The first-order valence-corrected chi connectivity index (χ1v) is 9.78. The number of amides is 2. The number of aromatic nitrogens is 1. The van der Waals surface area contributed by atoms with Gasteiger partial charge in [0.1, 0.15) is 11.1 Å². The molecule has 0 saturated carbocycles. The number of carbonyl (C=O) groups is 2. The molecule has 3 N–H and O–H groups in total. The number of rotatable bonds is 7. The van der Waals surface area contributed by atoms with Crippen LogP contribution in [-0.2, 0) is 9.53 Å². The zero-order chi connectivity index (χ0) is 21.6. The average molecular weight is 410 g/mol. The van der Waals surface area contributed by atoms with Crippen LogP contribution in [0, 0.1) is 0 Å². The summed E-state index contributed by atoms with van der Waals surface area (Å²) in [7, 11) is 0. The molecule has 0 atom stereocenters. The van der Waals surface area contributed by atoms with E-state index in [0.717, 1.165) is 11.2 Å². The minimum absolute atomic E-state index is 0.124. The molecule has 0 fully saturated rings. The number of oxazole rings is 1. The quantitative estimate of drug-likeness (QED) is 0.483. The van der Waals surface area contributed by atoms with Gasteiger partial charge in [-0.15, -0.1) is 0 Å². The number of anilines is 3. The van der Waals surface area contributed by atoms with E-state index < -0.39 is 11.7 Å². The van der Waals surface area contributed by atoms with E-state index in [-0.39, 0.29) is 5.91 Å². The van der Waals surface area contributed by atoms with Crippen LogP contribution in [0.25, 0.3) is 11.1 Å². The predicted molar refractivity (Wildman–Crippen MR) is 116 cm³/mol. The number of hydrogen-bond donors (Lipinski definition) is 3. The highest BCUT2D eigenvalue weighted by Gasteiger charge is 2.15. The van der Waals surface area contributed by atoms with Gasteiger partial charge in [0.2, 0.25) is 5.91 Å². The molecule has 1 heterocycles. The fourth-order valence-electron chi connectivity index (χ4n) is 2.66. The van der Waals surface area contributed by atoms with Gasteiger partial charge in [-0.05, 0) is 63.6 Å². The number of alkyl carbamates (subject to hydrolysis) is 1. The van der Waals surface area contributed by atoms with Crippen LogP contribution in [0.1, 0.15) is 33.6 Å². The first kappa shape index (κ1) is 21.2. The van der Waals surface area contributed by atoms with E-state index in [0.29, 0.717) is 36.7 Å². The smallest absolute Gasteiger partial charge is 0.407 e. The highest BCUT2D eigenvalue weighted by molar-refractivity contribution is 5.91. The lowest BCUT2D eigenvalue weighted by molar-refractivity contribution is -0.116. The Bertz CT molecular complexity index is 973. The summed E-state index contributed by atoms with van der Waals surface area (Å²) < 4.78 is 10.8. The van der Waals surface area contributed by atoms with E-state index in [1.54, 1.807) is 32.9 Å². The van der Waals surface area contributed by atoms with Crippen LogP contribution >= 0.6 is 0 Å². The number of benzene rings is 2. The predicted octanol–water partition coefficient (Wildman–Crippen LogP) is 4.81. The Morgan fingerprint density at radius 2 is 1.73 bits per heavy atom. The summed E-state index contributed by atoms with van der Waals surface area (Å²) in [5.41, 5.74) is 2.43. The molecule has 1 aromatic heterocycles. The van der Waals surface area contributed by atoms with Gasteiger partial charge in [-0.3, -0.25) is 4.79 Å². The summed E-state index contributed by atoms with van der Waals surface area (Å²) >= 11 is 0. The number of ether oxygens (including phenoxy) is 1. The molecular weight excluding hydrogens is 384 g/mol. The average Bonchev–Trinajstić information content (AvgIpc) is 3.08. The van der Waals surface area contributed by atoms with Gasteiger partial charge in [-0.25, -0.2) is 4.79 Å². The van der Waals surface area contributed by atoms with Crippen LogP contribution < -0.4 is 16.0 Å². The van der Waals surface area contributed by atoms with Crippen LogP contribution in [0.2, 0.25) is 0 Å². The minimum atomic E-state index is -0.539. The molecule has 0 radical (unpaired) electrons. The minimum Gasteiger partial charge on any atom is -0.444 e. The summed E-state index contributed by atoms with van der Waals surface area (Å²) in [5, 5.41) is 8.57. The Kier molecular flexibility index (Phi) is 6.56. The van der Waals surface area contributed by atoms with E-state index >= 15 is 0 Å². The molecule has 3 rings (SSSR count). The van der Waals surface area contributed by atoms with Crippen LogP contribution in [0.4, 0.5) is 22.2 Å².